The number of hydrogen-bond acceptors (Lipinski definition) is 4. The van der Waals surface area contributed by atoms with Crippen molar-refractivity contribution in [3.05, 3.63) is 74.1 Å². The van der Waals surface area contributed by atoms with E-state index in [-0.39, 0.29) is 37.4 Å². The maximum Gasteiger partial charge on any atom is 0.265 e. The van der Waals surface area contributed by atoms with Crippen LogP contribution in [0.1, 0.15) is 28.4 Å². The van der Waals surface area contributed by atoms with Crippen LogP contribution < -0.4 is 10.9 Å². The van der Waals surface area contributed by atoms with E-state index in [1.165, 1.54) is 28.7 Å². The first-order valence-corrected chi connectivity index (χ1v) is 10.9. The van der Waals surface area contributed by atoms with Crippen LogP contribution in [0.3, 0.4) is 0 Å². The number of halogens is 2. The lowest BCUT2D eigenvalue weighted by Gasteiger charge is -2.42. The van der Waals surface area contributed by atoms with Crippen molar-refractivity contribution in [3.63, 3.8) is 0 Å². The maximum atomic E-state index is 13.8. The molecule has 2 amide bonds. The minimum Gasteiger partial charge on any atom is -0.348 e. The molecule has 1 saturated heterocycles. The molecule has 1 aliphatic rings. The summed E-state index contributed by atoms with van der Waals surface area (Å²) in [4.78, 5) is 44.3. The van der Waals surface area contributed by atoms with Gasteiger partial charge in [0.15, 0.2) is 0 Å². The van der Waals surface area contributed by atoms with Crippen molar-refractivity contribution in [1.29, 1.82) is 0 Å². The molecule has 1 fully saturated rings. The summed E-state index contributed by atoms with van der Waals surface area (Å²) < 4.78 is 15.7. The van der Waals surface area contributed by atoms with Crippen LogP contribution in [-0.2, 0) is 17.9 Å². The summed E-state index contributed by atoms with van der Waals surface area (Å²) in [6, 6.07) is 10.9. The summed E-state index contributed by atoms with van der Waals surface area (Å²) in [5.41, 5.74) is 0.169. The highest BCUT2D eigenvalue weighted by atomic mass is 79.9. The van der Waals surface area contributed by atoms with Gasteiger partial charge in [-0.3, -0.25) is 19.0 Å². The third kappa shape index (κ3) is 4.57. The molecule has 2 aromatic heterocycles. The molecular formula is C23H22BrFN4O3. The zero-order valence-corrected chi connectivity index (χ0v) is 19.3. The molecule has 0 unspecified atom stereocenters. The third-order valence-electron chi connectivity index (χ3n) is 5.40. The number of benzene rings is 1. The first kappa shape index (κ1) is 22.1. The van der Waals surface area contributed by atoms with Crippen molar-refractivity contribution in [3.8, 4) is 0 Å². The van der Waals surface area contributed by atoms with Gasteiger partial charge in [-0.1, -0.05) is 29.8 Å². The van der Waals surface area contributed by atoms with Crippen LogP contribution in [0.4, 0.5) is 4.39 Å². The Kier molecular flexibility index (Phi) is 5.85. The molecule has 32 heavy (non-hydrogen) atoms. The van der Waals surface area contributed by atoms with Crippen LogP contribution in [0.25, 0.3) is 11.0 Å². The van der Waals surface area contributed by atoms with Gasteiger partial charge in [-0.25, -0.2) is 9.37 Å². The van der Waals surface area contributed by atoms with E-state index in [1.807, 2.05) is 31.2 Å². The van der Waals surface area contributed by atoms with Gasteiger partial charge in [-0.2, -0.15) is 0 Å². The number of carbonyl (C=O) groups is 2. The summed E-state index contributed by atoms with van der Waals surface area (Å²) in [6.45, 7) is 3.30. The van der Waals surface area contributed by atoms with Crippen molar-refractivity contribution in [1.82, 2.24) is 19.8 Å². The molecule has 4 rings (SSSR count). The number of nitrogens with zero attached hydrogens (tertiary/aromatic N) is 3. The summed E-state index contributed by atoms with van der Waals surface area (Å²) in [5.74, 6) is -0.940. The number of amides is 2. The van der Waals surface area contributed by atoms with Gasteiger partial charge < -0.3 is 10.2 Å². The van der Waals surface area contributed by atoms with E-state index in [0.717, 1.165) is 11.1 Å². The first-order chi connectivity index (χ1) is 15.1. The van der Waals surface area contributed by atoms with Crippen molar-refractivity contribution in [2.45, 2.75) is 32.6 Å². The average Bonchev–Trinajstić information content (AvgIpc) is 2.73. The van der Waals surface area contributed by atoms with Gasteiger partial charge in [0.05, 0.1) is 13.1 Å². The number of nitrogens with one attached hydrogen (secondary N) is 1. The zero-order valence-electron chi connectivity index (χ0n) is 17.7. The third-order valence-corrected chi connectivity index (χ3v) is 5.83. The van der Waals surface area contributed by atoms with Gasteiger partial charge in [-0.15, -0.1) is 0 Å². The second-order valence-corrected chi connectivity index (χ2v) is 9.26. The van der Waals surface area contributed by atoms with Gasteiger partial charge in [0.1, 0.15) is 23.4 Å². The number of fused-ring (bicyclic) bond motifs is 1. The Labute approximate surface area is 192 Å². The van der Waals surface area contributed by atoms with E-state index in [0.29, 0.717) is 9.86 Å². The van der Waals surface area contributed by atoms with Gasteiger partial charge >= 0.3 is 0 Å². The van der Waals surface area contributed by atoms with Gasteiger partial charge in [0.25, 0.3) is 11.5 Å². The summed E-state index contributed by atoms with van der Waals surface area (Å²) in [7, 11) is 0. The smallest absolute Gasteiger partial charge is 0.265 e. The van der Waals surface area contributed by atoms with Gasteiger partial charge in [-0.05, 0) is 47.5 Å². The Balaban J connectivity index is 1.64. The molecule has 0 saturated carbocycles. The molecule has 1 aliphatic heterocycles. The molecule has 0 bridgehead atoms. The number of aryl methyl sites for hydroxylation is 1. The minimum atomic E-state index is -1.41. The average molecular weight is 501 g/mol. The molecule has 3 heterocycles. The Morgan fingerprint density at radius 2 is 1.91 bits per heavy atom. The van der Waals surface area contributed by atoms with E-state index in [9.17, 15) is 18.8 Å². The molecule has 0 aliphatic carbocycles. The van der Waals surface area contributed by atoms with Crippen LogP contribution in [0.5, 0.6) is 0 Å². The van der Waals surface area contributed by atoms with Crippen LogP contribution >= 0.6 is 15.9 Å². The fourth-order valence-corrected chi connectivity index (χ4v) is 4.04. The predicted molar refractivity (Wildman–Crippen MR) is 122 cm³/mol. The van der Waals surface area contributed by atoms with Crippen molar-refractivity contribution in [2.75, 3.05) is 13.1 Å². The number of pyridine rings is 2. The summed E-state index contributed by atoms with van der Waals surface area (Å²) >= 11 is 3.34. The highest BCUT2D eigenvalue weighted by molar-refractivity contribution is 9.10. The maximum absolute atomic E-state index is 13.8. The van der Waals surface area contributed by atoms with E-state index in [2.05, 4.69) is 26.2 Å². The highest BCUT2D eigenvalue weighted by Gasteiger charge is 2.41. The first-order valence-electron chi connectivity index (χ1n) is 10.1. The van der Waals surface area contributed by atoms with Crippen molar-refractivity contribution >= 4 is 38.8 Å². The van der Waals surface area contributed by atoms with Gasteiger partial charge in [0, 0.05) is 22.6 Å². The monoisotopic (exact) mass is 500 g/mol. The molecule has 1 aromatic carbocycles. The van der Waals surface area contributed by atoms with E-state index in [4.69, 9.17) is 0 Å². The lowest BCUT2D eigenvalue weighted by molar-refractivity contribution is -0.144. The second-order valence-electron chi connectivity index (χ2n) is 8.35. The molecular weight excluding hydrogens is 479 g/mol. The second kappa shape index (κ2) is 8.46. The van der Waals surface area contributed by atoms with Crippen LogP contribution in [0.2, 0.25) is 0 Å². The molecule has 3 aromatic rings. The largest absolute Gasteiger partial charge is 0.348 e. The lowest BCUT2D eigenvalue weighted by Crippen LogP contribution is -2.60. The number of aromatic nitrogens is 2. The Bertz CT molecular complexity index is 1260. The van der Waals surface area contributed by atoms with Crippen molar-refractivity contribution < 1.29 is 14.0 Å². The number of rotatable bonds is 5. The van der Waals surface area contributed by atoms with Crippen LogP contribution in [0.15, 0.2) is 51.9 Å². The van der Waals surface area contributed by atoms with E-state index in [1.54, 1.807) is 6.07 Å². The molecule has 7 nitrogen and oxygen atoms in total. The normalized spacial score (nSPS) is 14.8. The van der Waals surface area contributed by atoms with Gasteiger partial charge in [0.2, 0.25) is 5.91 Å². The molecule has 9 heteroatoms. The Morgan fingerprint density at radius 1 is 1.22 bits per heavy atom. The number of alkyl halides is 1. The number of likely N-dealkylation sites (tertiary alicyclic amines) is 1. The standard InChI is InChI=1S/C23H22BrFN4O3/c1-14-3-5-15(6-4-14)9-27-21(31)18-8-16-7-17(24)10-26-20(16)29(22(18)32)11-19(30)28-12-23(2,25)13-28/h3-8,10H,9,11-13H2,1-2H3,(H,27,31). The topological polar surface area (TPSA) is 84.3 Å². The zero-order chi connectivity index (χ0) is 23.0. The number of carbonyl (C=O) groups excluding carboxylic acids is 2. The van der Waals surface area contributed by atoms with Crippen LogP contribution in [-0.4, -0.2) is 45.0 Å². The van der Waals surface area contributed by atoms with E-state index < -0.39 is 23.0 Å². The van der Waals surface area contributed by atoms with Crippen molar-refractivity contribution in [2.24, 2.45) is 0 Å². The Hall–Kier alpha value is -3.07. The minimum absolute atomic E-state index is 0.0196. The van der Waals surface area contributed by atoms with Crippen LogP contribution in [0, 0.1) is 6.92 Å². The molecule has 166 valence electrons. The van der Waals surface area contributed by atoms with E-state index >= 15 is 0 Å². The molecule has 0 radical (unpaired) electrons. The fraction of sp³-hybridized carbons (Fsp3) is 0.304. The molecule has 1 N–H and O–H groups in total. The SMILES string of the molecule is Cc1ccc(CNC(=O)c2cc3cc(Br)cnc3n(CC(=O)N3CC(C)(F)C3)c2=O)cc1. The summed E-state index contributed by atoms with van der Waals surface area (Å²) in [5, 5.41) is 3.30. The predicted octanol–water partition coefficient (Wildman–Crippen LogP) is 2.97. The highest BCUT2D eigenvalue weighted by Crippen LogP contribution is 2.25. The molecule has 0 spiro atoms. The summed E-state index contributed by atoms with van der Waals surface area (Å²) in [6.07, 6.45) is 1.52. The number of hydrogen-bond donors (Lipinski definition) is 1. The quantitative estimate of drug-likeness (QED) is 0.583. The molecule has 0 atom stereocenters. The lowest BCUT2D eigenvalue weighted by atomic mass is 9.99. The Morgan fingerprint density at radius 3 is 2.56 bits per heavy atom. The fourth-order valence-electron chi connectivity index (χ4n) is 3.69.